The van der Waals surface area contributed by atoms with Crippen LogP contribution >= 0.6 is 0 Å². The molecule has 1 aromatic carbocycles. The molecule has 0 aliphatic carbocycles. The fraction of sp³-hybridized carbons (Fsp3) is 0. The number of fused-ring (bicyclic) bond motifs is 1. The Morgan fingerprint density at radius 3 is 1.91 bits per heavy atom. The number of nitrogens with zero attached hydrogens (tertiary/aromatic N) is 2. The topological polar surface area (TPSA) is 82.0 Å². The van der Waals surface area contributed by atoms with Gasteiger partial charge in [-0.05, 0) is 0 Å². The van der Waals surface area contributed by atoms with Crippen LogP contribution in [0.15, 0.2) is 12.1 Å². The highest BCUT2D eigenvalue weighted by Crippen LogP contribution is 2.27. The lowest BCUT2D eigenvalue weighted by atomic mass is 10.3. The second kappa shape index (κ2) is 1.85. The van der Waals surface area contributed by atoms with Crippen LogP contribution in [0.1, 0.15) is 0 Å². The number of aromatic amines is 1. The summed E-state index contributed by atoms with van der Waals surface area (Å²) in [7, 11) is 0. The van der Waals surface area contributed by atoms with Gasteiger partial charge in [-0.25, -0.2) is 0 Å². The minimum absolute atomic E-state index is 0.189. The number of phenols is 2. The smallest absolute Gasteiger partial charge is 0.159 e. The molecule has 0 amide bonds. The molecule has 0 bridgehead atoms. The van der Waals surface area contributed by atoms with Crippen molar-refractivity contribution in [3.8, 4) is 11.5 Å². The summed E-state index contributed by atoms with van der Waals surface area (Å²) < 4.78 is 0. The van der Waals surface area contributed by atoms with Crippen LogP contribution in [0.3, 0.4) is 0 Å². The first-order valence-corrected chi connectivity index (χ1v) is 3.00. The van der Waals surface area contributed by atoms with Gasteiger partial charge in [0.15, 0.2) is 11.5 Å². The molecule has 1 heterocycles. The molecule has 3 N–H and O–H groups in total. The fourth-order valence-corrected chi connectivity index (χ4v) is 0.867. The van der Waals surface area contributed by atoms with Crippen LogP contribution in [0.2, 0.25) is 0 Å². The molecule has 0 radical (unpaired) electrons. The summed E-state index contributed by atoms with van der Waals surface area (Å²) in [4.78, 5) is 0. The largest absolute Gasteiger partial charge is 0.504 e. The first-order chi connectivity index (χ1) is 5.27. The summed E-state index contributed by atoms with van der Waals surface area (Å²) in [5, 5.41) is 27.8. The van der Waals surface area contributed by atoms with Gasteiger partial charge in [-0.2, -0.15) is 15.4 Å². The van der Waals surface area contributed by atoms with E-state index in [2.05, 4.69) is 15.4 Å². The molecule has 0 fully saturated rings. The fourth-order valence-electron chi connectivity index (χ4n) is 0.867. The third-order valence-electron chi connectivity index (χ3n) is 1.41. The van der Waals surface area contributed by atoms with E-state index in [0.717, 1.165) is 0 Å². The number of nitrogens with one attached hydrogen (secondary N) is 1. The number of H-pyrrole nitrogens is 1. The van der Waals surface area contributed by atoms with Gasteiger partial charge in [-0.1, -0.05) is 0 Å². The standard InChI is InChI=1S/C6H5N3O2/c10-5-1-3-4(2-6(5)11)8-9-7-3/h1-2,10-11H,(H,7,8,9). The van der Waals surface area contributed by atoms with E-state index in [1.165, 1.54) is 12.1 Å². The van der Waals surface area contributed by atoms with Crippen molar-refractivity contribution in [2.24, 2.45) is 0 Å². The van der Waals surface area contributed by atoms with Crippen LogP contribution in [0, 0.1) is 0 Å². The number of phenolic OH excluding ortho intramolecular Hbond substituents is 2. The van der Waals surface area contributed by atoms with E-state index >= 15 is 0 Å². The average Bonchev–Trinajstić information content (AvgIpc) is 2.36. The van der Waals surface area contributed by atoms with Crippen molar-refractivity contribution >= 4 is 11.0 Å². The monoisotopic (exact) mass is 151 g/mol. The van der Waals surface area contributed by atoms with Gasteiger partial charge in [-0.3, -0.25) is 0 Å². The Hall–Kier alpha value is -1.78. The Kier molecular flexibility index (Phi) is 1.00. The van der Waals surface area contributed by atoms with Crippen molar-refractivity contribution in [3.63, 3.8) is 0 Å². The Bertz CT molecular complexity index is 360. The Morgan fingerprint density at radius 1 is 1.00 bits per heavy atom. The first-order valence-electron chi connectivity index (χ1n) is 3.00. The number of rotatable bonds is 0. The molecule has 0 unspecified atom stereocenters. The van der Waals surface area contributed by atoms with Gasteiger partial charge in [0.2, 0.25) is 0 Å². The SMILES string of the molecule is Oc1cc2n[nH]nc2cc1O. The molecule has 5 heteroatoms. The molecule has 0 aliphatic heterocycles. The molecule has 11 heavy (non-hydrogen) atoms. The van der Waals surface area contributed by atoms with Crippen molar-refractivity contribution in [2.45, 2.75) is 0 Å². The number of benzene rings is 1. The summed E-state index contributed by atoms with van der Waals surface area (Å²) in [6.45, 7) is 0. The van der Waals surface area contributed by atoms with Gasteiger partial charge in [0.25, 0.3) is 0 Å². The molecule has 0 aliphatic rings. The normalized spacial score (nSPS) is 10.5. The molecule has 0 spiro atoms. The lowest BCUT2D eigenvalue weighted by molar-refractivity contribution is 0.405. The summed E-state index contributed by atoms with van der Waals surface area (Å²) in [6.07, 6.45) is 0. The summed E-state index contributed by atoms with van der Waals surface area (Å²) in [5.41, 5.74) is 1.06. The van der Waals surface area contributed by atoms with Gasteiger partial charge in [-0.15, -0.1) is 0 Å². The first kappa shape index (κ1) is 5.96. The molecule has 2 aromatic rings. The van der Waals surface area contributed by atoms with Crippen molar-refractivity contribution in [3.05, 3.63) is 12.1 Å². The van der Waals surface area contributed by atoms with E-state index in [1.807, 2.05) is 0 Å². The van der Waals surface area contributed by atoms with Crippen LogP contribution in [0.4, 0.5) is 0 Å². The maximum atomic E-state index is 9.00. The van der Waals surface area contributed by atoms with Gasteiger partial charge >= 0.3 is 0 Å². The second-order valence-electron chi connectivity index (χ2n) is 2.15. The number of hydrogen-bond donors (Lipinski definition) is 3. The number of aromatic hydroxyl groups is 2. The molecule has 0 saturated carbocycles. The highest BCUT2D eigenvalue weighted by molar-refractivity contribution is 5.77. The molecular formula is C6H5N3O2. The predicted octanol–water partition coefficient (Wildman–Crippen LogP) is 0.369. The number of aromatic nitrogens is 3. The highest BCUT2D eigenvalue weighted by atomic mass is 16.3. The predicted molar refractivity (Wildman–Crippen MR) is 37.2 cm³/mol. The third-order valence-corrected chi connectivity index (χ3v) is 1.41. The van der Waals surface area contributed by atoms with Crippen LogP contribution in [0.5, 0.6) is 11.5 Å². The minimum Gasteiger partial charge on any atom is -0.504 e. The maximum absolute atomic E-state index is 9.00. The zero-order valence-electron chi connectivity index (χ0n) is 5.44. The van der Waals surface area contributed by atoms with Crippen molar-refractivity contribution < 1.29 is 10.2 Å². The van der Waals surface area contributed by atoms with E-state index in [9.17, 15) is 0 Å². The zero-order chi connectivity index (χ0) is 7.84. The van der Waals surface area contributed by atoms with E-state index in [0.29, 0.717) is 11.0 Å². The molecule has 1 aromatic heterocycles. The van der Waals surface area contributed by atoms with Crippen molar-refractivity contribution in [1.29, 1.82) is 0 Å². The van der Waals surface area contributed by atoms with Gasteiger partial charge in [0.1, 0.15) is 11.0 Å². The molecule has 56 valence electrons. The van der Waals surface area contributed by atoms with E-state index in [1.54, 1.807) is 0 Å². The van der Waals surface area contributed by atoms with Crippen molar-refractivity contribution in [1.82, 2.24) is 15.4 Å². The van der Waals surface area contributed by atoms with Crippen LogP contribution in [0.25, 0.3) is 11.0 Å². The van der Waals surface area contributed by atoms with Crippen LogP contribution < -0.4 is 0 Å². The van der Waals surface area contributed by atoms with E-state index in [4.69, 9.17) is 10.2 Å². The van der Waals surface area contributed by atoms with Crippen LogP contribution in [-0.4, -0.2) is 25.6 Å². The molecule has 0 atom stereocenters. The lowest BCUT2D eigenvalue weighted by Crippen LogP contribution is -1.71. The zero-order valence-corrected chi connectivity index (χ0v) is 5.44. The molecule has 0 saturated heterocycles. The quantitative estimate of drug-likeness (QED) is 0.475. The lowest BCUT2D eigenvalue weighted by Gasteiger charge is -1.93. The number of hydrogen-bond acceptors (Lipinski definition) is 4. The molecule has 2 rings (SSSR count). The Balaban J connectivity index is 2.86. The summed E-state index contributed by atoms with van der Waals surface area (Å²) >= 11 is 0. The van der Waals surface area contributed by atoms with Gasteiger partial charge < -0.3 is 10.2 Å². The Labute approximate surface area is 61.3 Å². The molecule has 5 nitrogen and oxygen atoms in total. The third kappa shape index (κ3) is 0.778. The Morgan fingerprint density at radius 2 is 1.45 bits per heavy atom. The average molecular weight is 151 g/mol. The summed E-state index contributed by atoms with van der Waals surface area (Å²) in [5.74, 6) is -0.377. The highest BCUT2D eigenvalue weighted by Gasteiger charge is 2.03. The second-order valence-corrected chi connectivity index (χ2v) is 2.15. The van der Waals surface area contributed by atoms with Crippen molar-refractivity contribution in [2.75, 3.05) is 0 Å². The van der Waals surface area contributed by atoms with Gasteiger partial charge in [0, 0.05) is 12.1 Å². The maximum Gasteiger partial charge on any atom is 0.159 e. The van der Waals surface area contributed by atoms with E-state index in [-0.39, 0.29) is 11.5 Å². The molecular weight excluding hydrogens is 146 g/mol. The minimum atomic E-state index is -0.189. The van der Waals surface area contributed by atoms with Crippen LogP contribution in [-0.2, 0) is 0 Å². The summed E-state index contributed by atoms with van der Waals surface area (Å²) in [6, 6.07) is 2.68. The van der Waals surface area contributed by atoms with Gasteiger partial charge in [0.05, 0.1) is 0 Å². The van der Waals surface area contributed by atoms with E-state index < -0.39 is 0 Å².